The molecule has 0 fully saturated rings. The largest absolute Gasteiger partial charge is 0.478 e. The van der Waals surface area contributed by atoms with Crippen LogP contribution in [-0.4, -0.2) is 32.7 Å². The van der Waals surface area contributed by atoms with Crippen molar-refractivity contribution in [3.63, 3.8) is 0 Å². The van der Waals surface area contributed by atoms with Gasteiger partial charge in [-0.1, -0.05) is 12.1 Å². The second-order valence-electron chi connectivity index (χ2n) is 7.85. The predicted molar refractivity (Wildman–Crippen MR) is 119 cm³/mol. The van der Waals surface area contributed by atoms with Gasteiger partial charge >= 0.3 is 5.97 Å². The number of aryl methyl sites for hydroxylation is 2. The molecule has 0 spiro atoms. The van der Waals surface area contributed by atoms with E-state index in [0.29, 0.717) is 22.5 Å². The molecule has 0 saturated heterocycles. The van der Waals surface area contributed by atoms with Crippen LogP contribution in [-0.2, 0) is 16.6 Å². The molecule has 0 bridgehead atoms. The lowest BCUT2D eigenvalue weighted by atomic mass is 9.85. The van der Waals surface area contributed by atoms with Gasteiger partial charge in [0.15, 0.2) is 0 Å². The summed E-state index contributed by atoms with van der Waals surface area (Å²) in [4.78, 5) is 38.4. The van der Waals surface area contributed by atoms with Crippen LogP contribution in [0.15, 0.2) is 60.3 Å². The lowest BCUT2D eigenvalue weighted by Crippen LogP contribution is -2.34. The molecule has 3 N–H and O–H groups in total. The van der Waals surface area contributed by atoms with E-state index in [0.717, 1.165) is 5.69 Å². The zero-order valence-corrected chi connectivity index (χ0v) is 17.9. The molecular weight excluding hydrogens is 427 g/mol. The van der Waals surface area contributed by atoms with E-state index in [-0.39, 0.29) is 23.5 Å². The molecule has 0 aliphatic carbocycles. The molecule has 33 heavy (non-hydrogen) atoms. The van der Waals surface area contributed by atoms with Gasteiger partial charge in [-0.25, -0.2) is 9.18 Å². The van der Waals surface area contributed by atoms with Crippen LogP contribution in [0.25, 0.3) is 11.3 Å². The number of aliphatic carboxylic acids is 1. The van der Waals surface area contributed by atoms with Gasteiger partial charge in [0.05, 0.1) is 22.6 Å². The van der Waals surface area contributed by atoms with Crippen molar-refractivity contribution < 1.29 is 23.9 Å². The monoisotopic (exact) mass is 448 g/mol. The molecular formula is C24H21FN4O4. The highest BCUT2D eigenvalue weighted by atomic mass is 19.1. The summed E-state index contributed by atoms with van der Waals surface area (Å²) in [6, 6.07) is 11.8. The van der Waals surface area contributed by atoms with E-state index in [1.165, 1.54) is 41.4 Å². The van der Waals surface area contributed by atoms with Gasteiger partial charge in [-0.2, -0.15) is 5.10 Å². The molecule has 0 saturated carbocycles. The number of halogens is 1. The first-order chi connectivity index (χ1) is 15.7. The number of nitrogens with two attached hydrogens (primary N) is 1. The minimum atomic E-state index is -1.19. The average molecular weight is 448 g/mol. The van der Waals surface area contributed by atoms with Crippen molar-refractivity contribution in [2.45, 2.75) is 19.3 Å². The Bertz CT molecular complexity index is 1310. The molecule has 1 aromatic heterocycles. The molecule has 1 aliphatic rings. The number of hydrogen-bond acceptors (Lipinski definition) is 4. The standard InChI is InChI=1S/C24H21FN4O4/c1-13-9-21(28(2)27-13)18-10-15(23(26)31)5-8-20(18)29-12-19(24(32)33)17(11-22(29)30)14-3-6-16(25)7-4-14/h3-10,12,17H,11H2,1-2H3,(H2,26,31)(H,32,33)/t17-/m0/s1. The maximum Gasteiger partial charge on any atom is 0.333 e. The number of rotatable bonds is 5. The van der Waals surface area contributed by atoms with Gasteiger partial charge in [-0.15, -0.1) is 0 Å². The fourth-order valence-electron chi connectivity index (χ4n) is 4.05. The molecule has 4 rings (SSSR count). The van der Waals surface area contributed by atoms with Crippen LogP contribution >= 0.6 is 0 Å². The molecule has 1 atom stereocenters. The van der Waals surface area contributed by atoms with Gasteiger partial charge in [0.25, 0.3) is 0 Å². The molecule has 3 aromatic rings. The number of carboxylic acids is 1. The Labute approximate surface area is 188 Å². The molecule has 168 valence electrons. The summed E-state index contributed by atoms with van der Waals surface area (Å²) < 4.78 is 15.0. The fraction of sp³-hybridized carbons (Fsp3) is 0.167. The number of benzene rings is 2. The summed E-state index contributed by atoms with van der Waals surface area (Å²) in [5, 5.41) is 14.2. The van der Waals surface area contributed by atoms with E-state index in [1.807, 2.05) is 6.92 Å². The van der Waals surface area contributed by atoms with Crippen molar-refractivity contribution in [2.24, 2.45) is 12.8 Å². The predicted octanol–water partition coefficient (Wildman–Crippen LogP) is 3.12. The fourth-order valence-corrected chi connectivity index (χ4v) is 4.05. The number of carbonyl (C=O) groups excluding carboxylic acids is 2. The van der Waals surface area contributed by atoms with Crippen LogP contribution in [0.2, 0.25) is 0 Å². The second kappa shape index (κ2) is 8.34. The molecule has 2 aromatic carbocycles. The van der Waals surface area contributed by atoms with Gasteiger partial charge in [0, 0.05) is 36.7 Å². The van der Waals surface area contributed by atoms with Crippen LogP contribution in [0.4, 0.5) is 10.1 Å². The van der Waals surface area contributed by atoms with Gasteiger partial charge in [0.1, 0.15) is 5.82 Å². The number of anilines is 1. The minimum absolute atomic E-state index is 0.00711. The van der Waals surface area contributed by atoms with Crippen LogP contribution in [0, 0.1) is 12.7 Å². The summed E-state index contributed by atoms with van der Waals surface area (Å²) in [5.74, 6) is -3.34. The average Bonchev–Trinajstić information content (AvgIpc) is 3.11. The maximum atomic E-state index is 13.4. The van der Waals surface area contributed by atoms with E-state index >= 15 is 0 Å². The Morgan fingerprint density at radius 3 is 2.42 bits per heavy atom. The van der Waals surface area contributed by atoms with Gasteiger partial charge in [0.2, 0.25) is 11.8 Å². The van der Waals surface area contributed by atoms with Crippen molar-refractivity contribution in [3.05, 3.63) is 82.9 Å². The lowest BCUT2D eigenvalue weighted by Gasteiger charge is -2.31. The van der Waals surface area contributed by atoms with Gasteiger partial charge in [-0.3, -0.25) is 19.2 Å². The number of nitrogens with zero attached hydrogens (tertiary/aromatic N) is 3. The van der Waals surface area contributed by atoms with Crippen molar-refractivity contribution in [1.82, 2.24) is 9.78 Å². The van der Waals surface area contributed by atoms with Crippen LogP contribution < -0.4 is 10.6 Å². The third-order valence-electron chi connectivity index (χ3n) is 5.63. The molecule has 0 radical (unpaired) electrons. The molecule has 0 unspecified atom stereocenters. The van der Waals surface area contributed by atoms with Gasteiger partial charge in [-0.05, 0) is 48.9 Å². The van der Waals surface area contributed by atoms with E-state index in [9.17, 15) is 23.9 Å². The molecule has 8 nitrogen and oxygen atoms in total. The summed E-state index contributed by atoms with van der Waals surface area (Å²) in [6.07, 6.45) is 1.17. The highest BCUT2D eigenvalue weighted by Gasteiger charge is 2.34. The number of aromatic nitrogens is 2. The number of carboxylic acid groups (broad SMARTS) is 1. The number of carbonyl (C=O) groups is 3. The van der Waals surface area contributed by atoms with E-state index in [2.05, 4.69) is 5.10 Å². The highest BCUT2D eigenvalue weighted by Crippen LogP contribution is 2.39. The van der Waals surface area contributed by atoms with Crippen molar-refractivity contribution in [3.8, 4) is 11.3 Å². The Hall–Kier alpha value is -4.27. The normalized spacial score (nSPS) is 16.0. The van der Waals surface area contributed by atoms with E-state index < -0.39 is 23.6 Å². The van der Waals surface area contributed by atoms with Crippen LogP contribution in [0.3, 0.4) is 0 Å². The number of amides is 2. The summed E-state index contributed by atoms with van der Waals surface area (Å²) >= 11 is 0. The zero-order chi connectivity index (χ0) is 23.9. The van der Waals surface area contributed by atoms with E-state index in [4.69, 9.17) is 5.73 Å². The molecule has 9 heteroatoms. The van der Waals surface area contributed by atoms with Crippen LogP contribution in [0.1, 0.15) is 34.0 Å². The van der Waals surface area contributed by atoms with Gasteiger partial charge < -0.3 is 10.8 Å². The Balaban J connectivity index is 1.87. The quantitative estimate of drug-likeness (QED) is 0.622. The lowest BCUT2D eigenvalue weighted by molar-refractivity contribution is -0.133. The second-order valence-corrected chi connectivity index (χ2v) is 7.85. The molecule has 1 aliphatic heterocycles. The first-order valence-corrected chi connectivity index (χ1v) is 10.1. The van der Waals surface area contributed by atoms with Crippen LogP contribution in [0.5, 0.6) is 0 Å². The Kier molecular flexibility index (Phi) is 5.55. The highest BCUT2D eigenvalue weighted by molar-refractivity contribution is 6.05. The van der Waals surface area contributed by atoms with E-state index in [1.54, 1.807) is 29.9 Å². The Morgan fingerprint density at radius 1 is 1.15 bits per heavy atom. The summed E-state index contributed by atoms with van der Waals surface area (Å²) in [7, 11) is 1.73. The summed E-state index contributed by atoms with van der Waals surface area (Å²) in [5.41, 5.74) is 8.47. The van der Waals surface area contributed by atoms with Crippen molar-refractivity contribution in [1.29, 1.82) is 0 Å². The van der Waals surface area contributed by atoms with Crippen molar-refractivity contribution >= 4 is 23.5 Å². The summed E-state index contributed by atoms with van der Waals surface area (Å²) in [6.45, 7) is 1.81. The first-order valence-electron chi connectivity index (χ1n) is 10.1. The molecule has 2 amide bonds. The SMILES string of the molecule is Cc1cc(-c2cc(C(N)=O)ccc2N2C=C(C(=O)O)[C@H](c3ccc(F)cc3)CC2=O)n(C)n1. The topological polar surface area (TPSA) is 119 Å². The maximum absolute atomic E-state index is 13.4. The minimum Gasteiger partial charge on any atom is -0.478 e. The smallest absolute Gasteiger partial charge is 0.333 e. The van der Waals surface area contributed by atoms with Crippen molar-refractivity contribution in [2.75, 3.05) is 4.90 Å². The molecule has 2 heterocycles. The number of primary amides is 1. The Morgan fingerprint density at radius 2 is 1.85 bits per heavy atom. The third-order valence-corrected chi connectivity index (χ3v) is 5.63. The number of hydrogen-bond donors (Lipinski definition) is 2. The first kappa shape index (κ1) is 21.9. The zero-order valence-electron chi connectivity index (χ0n) is 17.9. The third kappa shape index (κ3) is 4.12.